The van der Waals surface area contributed by atoms with Gasteiger partial charge in [-0.15, -0.1) is 0 Å². The Balaban J connectivity index is 2.24. The lowest BCUT2D eigenvalue weighted by Gasteiger charge is -2.13. The predicted molar refractivity (Wildman–Crippen MR) is 99.6 cm³/mol. The first-order chi connectivity index (χ1) is 14.3. The van der Waals surface area contributed by atoms with E-state index in [0.717, 1.165) is 12.1 Å². The van der Waals surface area contributed by atoms with E-state index in [9.17, 15) is 23.7 Å². The van der Waals surface area contributed by atoms with Crippen molar-refractivity contribution in [2.45, 2.75) is 20.1 Å². The van der Waals surface area contributed by atoms with Gasteiger partial charge in [0.05, 0.1) is 31.8 Å². The molecule has 0 atom stereocenters. The highest BCUT2D eigenvalue weighted by molar-refractivity contribution is 5.95. The molecule has 0 heterocycles. The lowest BCUT2D eigenvalue weighted by molar-refractivity contribution is -0.385. The number of alkyl halides is 2. The van der Waals surface area contributed by atoms with Crippen LogP contribution in [0.2, 0.25) is 0 Å². The van der Waals surface area contributed by atoms with Crippen LogP contribution < -0.4 is 18.9 Å². The van der Waals surface area contributed by atoms with Crippen molar-refractivity contribution in [2.75, 3.05) is 20.8 Å². The summed E-state index contributed by atoms with van der Waals surface area (Å²) < 4.78 is 49.6. The molecule has 0 aliphatic carbocycles. The van der Waals surface area contributed by atoms with Crippen LogP contribution in [0.3, 0.4) is 0 Å². The van der Waals surface area contributed by atoms with Crippen LogP contribution in [-0.4, -0.2) is 38.3 Å². The number of carbonyl (C=O) groups excluding carboxylic acids is 1. The van der Waals surface area contributed by atoms with Crippen molar-refractivity contribution in [3.05, 3.63) is 51.6 Å². The Labute approximate surface area is 170 Å². The summed E-state index contributed by atoms with van der Waals surface area (Å²) in [5.41, 5.74) is -0.449. The number of nitro groups is 1. The summed E-state index contributed by atoms with van der Waals surface area (Å²) in [4.78, 5) is 23.1. The molecular weight excluding hydrogens is 408 g/mol. The molecule has 30 heavy (non-hydrogen) atoms. The molecule has 0 bridgehead atoms. The number of methoxy groups -OCH3 is 2. The topological polar surface area (TPSA) is 106 Å². The molecule has 0 N–H and O–H groups in total. The summed E-state index contributed by atoms with van der Waals surface area (Å²) in [5.74, 6) is -0.908. The zero-order valence-electron chi connectivity index (χ0n) is 16.3. The Hall–Kier alpha value is -3.63. The molecule has 2 rings (SSSR count). The van der Waals surface area contributed by atoms with Crippen molar-refractivity contribution >= 4 is 11.7 Å². The van der Waals surface area contributed by atoms with Gasteiger partial charge in [-0.2, -0.15) is 8.78 Å². The number of carbonyl (C=O) groups is 1. The molecule has 0 spiro atoms. The second-order valence-corrected chi connectivity index (χ2v) is 5.65. The molecule has 0 saturated heterocycles. The Morgan fingerprint density at radius 3 is 2.30 bits per heavy atom. The van der Waals surface area contributed by atoms with E-state index in [1.807, 2.05) is 0 Å². The quantitative estimate of drug-likeness (QED) is 0.319. The van der Waals surface area contributed by atoms with Gasteiger partial charge in [-0.05, 0) is 24.6 Å². The van der Waals surface area contributed by atoms with E-state index in [1.54, 1.807) is 6.92 Å². The van der Waals surface area contributed by atoms with Gasteiger partial charge in [-0.25, -0.2) is 4.79 Å². The molecule has 0 unspecified atom stereocenters. The molecule has 2 aromatic rings. The highest BCUT2D eigenvalue weighted by Crippen LogP contribution is 2.35. The SMILES string of the molecule is CCOc1cc([N+](=O)[O-])c(C(=O)OCc2ccc(OC(F)F)c(OC)c2)cc1OC. The molecule has 162 valence electrons. The summed E-state index contributed by atoms with van der Waals surface area (Å²) in [7, 11) is 2.59. The third-order valence-corrected chi connectivity index (χ3v) is 3.81. The second-order valence-electron chi connectivity index (χ2n) is 5.65. The maximum Gasteiger partial charge on any atom is 0.387 e. The fourth-order valence-electron chi connectivity index (χ4n) is 2.51. The van der Waals surface area contributed by atoms with E-state index in [2.05, 4.69) is 4.74 Å². The van der Waals surface area contributed by atoms with Crippen molar-refractivity contribution < 1.29 is 42.2 Å². The molecule has 0 amide bonds. The van der Waals surface area contributed by atoms with Crippen LogP contribution in [0.1, 0.15) is 22.8 Å². The third kappa shape index (κ3) is 5.46. The van der Waals surface area contributed by atoms with E-state index >= 15 is 0 Å². The average molecular weight is 427 g/mol. The van der Waals surface area contributed by atoms with Gasteiger partial charge in [0.15, 0.2) is 23.0 Å². The number of hydrogen-bond acceptors (Lipinski definition) is 8. The Morgan fingerprint density at radius 1 is 1.07 bits per heavy atom. The van der Waals surface area contributed by atoms with Crippen molar-refractivity contribution in [3.8, 4) is 23.0 Å². The van der Waals surface area contributed by atoms with Crippen LogP contribution >= 0.6 is 0 Å². The largest absolute Gasteiger partial charge is 0.493 e. The van der Waals surface area contributed by atoms with Crippen molar-refractivity contribution in [1.29, 1.82) is 0 Å². The normalized spacial score (nSPS) is 10.5. The minimum Gasteiger partial charge on any atom is -0.493 e. The highest BCUT2D eigenvalue weighted by Gasteiger charge is 2.26. The lowest BCUT2D eigenvalue weighted by Crippen LogP contribution is -2.10. The molecular formula is C19H19F2NO8. The summed E-state index contributed by atoms with van der Waals surface area (Å²) in [6, 6.07) is 6.21. The Bertz CT molecular complexity index is 920. The standard InChI is InChI=1S/C19H19F2NO8/c1-4-28-17-9-13(22(24)25)12(8-16(17)27-3)18(23)29-10-11-5-6-14(30-19(20)21)15(7-11)26-2/h5-9,19H,4,10H2,1-3H3. The molecule has 9 nitrogen and oxygen atoms in total. The first-order valence-electron chi connectivity index (χ1n) is 8.58. The third-order valence-electron chi connectivity index (χ3n) is 3.81. The molecule has 0 aliphatic rings. The van der Waals surface area contributed by atoms with E-state index < -0.39 is 23.2 Å². The molecule has 0 saturated carbocycles. The average Bonchev–Trinajstić information content (AvgIpc) is 2.72. The second kappa shape index (κ2) is 10.2. The zero-order chi connectivity index (χ0) is 22.3. The maximum atomic E-state index is 12.5. The number of rotatable bonds is 10. The summed E-state index contributed by atoms with van der Waals surface area (Å²) in [6.07, 6.45) is 0. The number of ether oxygens (including phenoxy) is 5. The molecule has 0 aromatic heterocycles. The van der Waals surface area contributed by atoms with Crippen LogP contribution in [0, 0.1) is 10.1 Å². The van der Waals surface area contributed by atoms with E-state index in [1.165, 1.54) is 32.4 Å². The first kappa shape index (κ1) is 22.7. The number of halogens is 2. The number of benzene rings is 2. The zero-order valence-corrected chi connectivity index (χ0v) is 16.3. The lowest BCUT2D eigenvalue weighted by atomic mass is 10.1. The molecule has 0 radical (unpaired) electrons. The fourth-order valence-corrected chi connectivity index (χ4v) is 2.51. The van der Waals surface area contributed by atoms with Crippen LogP contribution in [0.25, 0.3) is 0 Å². The van der Waals surface area contributed by atoms with Gasteiger partial charge >= 0.3 is 12.6 Å². The summed E-state index contributed by atoms with van der Waals surface area (Å²) in [6.45, 7) is -1.39. The van der Waals surface area contributed by atoms with Crippen LogP contribution in [0.5, 0.6) is 23.0 Å². The molecule has 2 aromatic carbocycles. The molecule has 11 heteroatoms. The number of esters is 1. The minimum absolute atomic E-state index is 0.0116. The van der Waals surface area contributed by atoms with Gasteiger partial charge in [0.1, 0.15) is 12.2 Å². The van der Waals surface area contributed by atoms with Crippen LogP contribution in [0.4, 0.5) is 14.5 Å². The van der Waals surface area contributed by atoms with E-state index in [4.69, 9.17) is 18.9 Å². The highest BCUT2D eigenvalue weighted by atomic mass is 19.3. The molecule has 0 aliphatic heterocycles. The first-order valence-corrected chi connectivity index (χ1v) is 8.58. The number of nitro benzene ring substituents is 1. The van der Waals surface area contributed by atoms with Crippen LogP contribution in [0.15, 0.2) is 30.3 Å². The summed E-state index contributed by atoms with van der Waals surface area (Å²) in [5, 5.41) is 11.4. The van der Waals surface area contributed by atoms with Crippen molar-refractivity contribution in [2.24, 2.45) is 0 Å². The van der Waals surface area contributed by atoms with Gasteiger partial charge in [0.2, 0.25) is 0 Å². The Morgan fingerprint density at radius 2 is 1.73 bits per heavy atom. The molecule has 0 fully saturated rings. The van der Waals surface area contributed by atoms with Crippen molar-refractivity contribution in [1.82, 2.24) is 0 Å². The monoisotopic (exact) mass is 427 g/mol. The smallest absolute Gasteiger partial charge is 0.387 e. The minimum atomic E-state index is -3.03. The van der Waals surface area contributed by atoms with E-state index in [0.29, 0.717) is 5.56 Å². The number of hydrogen-bond donors (Lipinski definition) is 0. The maximum absolute atomic E-state index is 12.5. The summed E-state index contributed by atoms with van der Waals surface area (Å²) >= 11 is 0. The predicted octanol–water partition coefficient (Wildman–Crippen LogP) is 3.97. The van der Waals surface area contributed by atoms with Gasteiger partial charge in [0, 0.05) is 6.07 Å². The van der Waals surface area contributed by atoms with Crippen molar-refractivity contribution in [3.63, 3.8) is 0 Å². The van der Waals surface area contributed by atoms with Gasteiger partial charge in [-0.1, -0.05) is 6.07 Å². The fraction of sp³-hybridized carbons (Fsp3) is 0.316. The van der Waals surface area contributed by atoms with Gasteiger partial charge in [0.25, 0.3) is 5.69 Å². The van der Waals surface area contributed by atoms with Gasteiger partial charge in [-0.3, -0.25) is 10.1 Å². The van der Waals surface area contributed by atoms with Crippen LogP contribution in [-0.2, 0) is 11.3 Å². The van der Waals surface area contributed by atoms with E-state index in [-0.39, 0.29) is 41.8 Å². The van der Waals surface area contributed by atoms with Gasteiger partial charge < -0.3 is 23.7 Å². The Kier molecular flexibility index (Phi) is 7.73. The number of nitrogens with zero attached hydrogens (tertiary/aromatic N) is 1.